The highest BCUT2D eigenvalue weighted by Gasteiger charge is 2.26. The molecule has 0 bridgehead atoms. The molecule has 1 amide bonds. The van der Waals surface area contributed by atoms with E-state index in [2.05, 4.69) is 0 Å². The third kappa shape index (κ3) is 3.51. The van der Waals surface area contributed by atoms with Crippen molar-refractivity contribution in [3.63, 3.8) is 0 Å². The third-order valence-corrected chi connectivity index (χ3v) is 4.87. The molecule has 2 aliphatic heterocycles. The summed E-state index contributed by atoms with van der Waals surface area (Å²) in [5.41, 5.74) is 0.948. The van der Waals surface area contributed by atoms with Crippen LogP contribution in [0.25, 0.3) is 0 Å². The van der Waals surface area contributed by atoms with Gasteiger partial charge in [-0.25, -0.2) is 0 Å². The number of nitrogens with zero attached hydrogens (tertiary/aromatic N) is 3. The van der Waals surface area contributed by atoms with Crippen LogP contribution >= 0.6 is 0 Å². The van der Waals surface area contributed by atoms with Gasteiger partial charge in [-0.2, -0.15) is 0 Å². The lowest BCUT2D eigenvalue weighted by molar-refractivity contribution is -0.384. The molecule has 0 atom stereocenters. The highest BCUT2D eigenvalue weighted by molar-refractivity contribution is 5.96. The second kappa shape index (κ2) is 7.17. The molecular weight excluding hydrogens is 310 g/mol. The van der Waals surface area contributed by atoms with E-state index in [1.165, 1.54) is 6.07 Å². The van der Waals surface area contributed by atoms with Crippen molar-refractivity contribution in [1.29, 1.82) is 0 Å². The van der Waals surface area contributed by atoms with Gasteiger partial charge in [0.15, 0.2) is 0 Å². The number of likely N-dealkylation sites (tertiary alicyclic amines) is 1. The minimum atomic E-state index is -0.402. The summed E-state index contributed by atoms with van der Waals surface area (Å²) in [6.07, 6.45) is 3.98. The van der Waals surface area contributed by atoms with Crippen LogP contribution in [-0.4, -0.2) is 53.1 Å². The lowest BCUT2D eigenvalue weighted by Gasteiger charge is -2.30. The standard InChI is InChI=1S/C17H23N3O4/c21-14-6-10-19(11-7-14)17(22)13-4-5-15(16(12-13)20(23)24)18-8-2-1-3-9-18/h4-5,12,14,21H,1-3,6-11H2. The fourth-order valence-corrected chi connectivity index (χ4v) is 3.46. The molecule has 2 fully saturated rings. The summed E-state index contributed by atoms with van der Waals surface area (Å²) in [6.45, 7) is 2.61. The average molecular weight is 333 g/mol. The molecule has 0 saturated carbocycles. The van der Waals surface area contributed by atoms with Crippen molar-refractivity contribution < 1.29 is 14.8 Å². The number of carbonyl (C=O) groups is 1. The van der Waals surface area contributed by atoms with Gasteiger partial charge in [0.1, 0.15) is 5.69 Å². The van der Waals surface area contributed by atoms with Crippen molar-refractivity contribution in [2.24, 2.45) is 0 Å². The topological polar surface area (TPSA) is 86.9 Å². The molecule has 130 valence electrons. The van der Waals surface area contributed by atoms with Crippen LogP contribution in [-0.2, 0) is 0 Å². The first-order valence-electron chi connectivity index (χ1n) is 8.57. The van der Waals surface area contributed by atoms with Crippen LogP contribution in [0.15, 0.2) is 18.2 Å². The van der Waals surface area contributed by atoms with Crippen LogP contribution in [0.5, 0.6) is 0 Å². The molecule has 0 aromatic heterocycles. The number of anilines is 1. The van der Waals surface area contributed by atoms with E-state index in [9.17, 15) is 20.0 Å². The van der Waals surface area contributed by atoms with Gasteiger partial charge in [-0.1, -0.05) is 0 Å². The molecule has 2 heterocycles. The van der Waals surface area contributed by atoms with E-state index >= 15 is 0 Å². The number of nitro benzene ring substituents is 1. The number of benzene rings is 1. The maximum atomic E-state index is 12.6. The van der Waals surface area contributed by atoms with Gasteiger partial charge in [0.2, 0.25) is 0 Å². The number of amides is 1. The monoisotopic (exact) mass is 333 g/mol. The first kappa shape index (κ1) is 16.7. The van der Waals surface area contributed by atoms with E-state index in [0.717, 1.165) is 32.4 Å². The minimum absolute atomic E-state index is 0.000191. The highest BCUT2D eigenvalue weighted by Crippen LogP contribution is 2.31. The smallest absolute Gasteiger partial charge is 0.293 e. The second-order valence-corrected chi connectivity index (χ2v) is 6.53. The van der Waals surface area contributed by atoms with E-state index in [1.807, 2.05) is 4.90 Å². The largest absolute Gasteiger partial charge is 0.393 e. The van der Waals surface area contributed by atoms with E-state index in [-0.39, 0.29) is 17.7 Å². The van der Waals surface area contributed by atoms with Gasteiger partial charge in [0.05, 0.1) is 11.0 Å². The number of rotatable bonds is 3. The van der Waals surface area contributed by atoms with Crippen LogP contribution in [0.4, 0.5) is 11.4 Å². The third-order valence-electron chi connectivity index (χ3n) is 4.87. The fraction of sp³-hybridized carbons (Fsp3) is 0.588. The minimum Gasteiger partial charge on any atom is -0.393 e. The maximum Gasteiger partial charge on any atom is 0.293 e. The highest BCUT2D eigenvalue weighted by atomic mass is 16.6. The summed E-state index contributed by atoms with van der Waals surface area (Å²) >= 11 is 0. The zero-order valence-corrected chi connectivity index (χ0v) is 13.7. The predicted molar refractivity (Wildman–Crippen MR) is 90.3 cm³/mol. The second-order valence-electron chi connectivity index (χ2n) is 6.53. The zero-order chi connectivity index (χ0) is 17.1. The van der Waals surface area contributed by atoms with Gasteiger partial charge in [0, 0.05) is 37.8 Å². The Kier molecular flexibility index (Phi) is 4.99. The number of aliphatic hydroxyl groups is 1. The molecule has 1 aromatic rings. The number of piperidine rings is 2. The summed E-state index contributed by atoms with van der Waals surface area (Å²) < 4.78 is 0. The molecule has 24 heavy (non-hydrogen) atoms. The van der Waals surface area contributed by atoms with E-state index < -0.39 is 4.92 Å². The molecule has 2 aliphatic rings. The lowest BCUT2D eigenvalue weighted by Crippen LogP contribution is -2.40. The van der Waals surface area contributed by atoms with E-state index in [4.69, 9.17) is 0 Å². The molecular formula is C17H23N3O4. The van der Waals surface area contributed by atoms with Gasteiger partial charge in [-0.05, 0) is 44.2 Å². The summed E-state index contributed by atoms with van der Waals surface area (Å²) in [6, 6.07) is 4.79. The molecule has 0 unspecified atom stereocenters. The summed E-state index contributed by atoms with van der Waals surface area (Å²) in [5.74, 6) is -0.199. The summed E-state index contributed by atoms with van der Waals surface area (Å²) in [7, 11) is 0. The molecule has 7 nitrogen and oxygen atoms in total. The van der Waals surface area contributed by atoms with Gasteiger partial charge in [0.25, 0.3) is 11.6 Å². The molecule has 2 saturated heterocycles. The Bertz CT molecular complexity index is 620. The van der Waals surface area contributed by atoms with Crippen molar-refractivity contribution in [1.82, 2.24) is 4.90 Å². The van der Waals surface area contributed by atoms with Crippen LogP contribution in [0.1, 0.15) is 42.5 Å². The zero-order valence-electron chi connectivity index (χ0n) is 13.7. The van der Waals surface area contributed by atoms with Gasteiger partial charge in [-0.3, -0.25) is 14.9 Å². The average Bonchev–Trinajstić information content (AvgIpc) is 2.62. The molecule has 0 radical (unpaired) electrons. The predicted octanol–water partition coefficient (Wildman–Crippen LogP) is 2.18. The first-order chi connectivity index (χ1) is 11.6. The Hall–Kier alpha value is -2.15. The van der Waals surface area contributed by atoms with Crippen LogP contribution in [0.2, 0.25) is 0 Å². The van der Waals surface area contributed by atoms with E-state index in [1.54, 1.807) is 17.0 Å². The quantitative estimate of drug-likeness (QED) is 0.677. The SMILES string of the molecule is O=C(c1ccc(N2CCCCC2)c([N+](=O)[O-])c1)N1CCC(O)CC1. The van der Waals surface area contributed by atoms with Gasteiger partial charge < -0.3 is 14.9 Å². The number of hydrogen-bond donors (Lipinski definition) is 1. The number of aliphatic hydroxyl groups excluding tert-OH is 1. The van der Waals surface area contributed by atoms with Crippen molar-refractivity contribution in [2.75, 3.05) is 31.1 Å². The Balaban J connectivity index is 1.83. The van der Waals surface area contributed by atoms with E-state index in [0.29, 0.717) is 37.2 Å². The van der Waals surface area contributed by atoms with Crippen molar-refractivity contribution in [2.45, 2.75) is 38.2 Å². The van der Waals surface area contributed by atoms with Crippen molar-refractivity contribution >= 4 is 17.3 Å². The Morgan fingerprint density at radius 3 is 2.42 bits per heavy atom. The lowest BCUT2D eigenvalue weighted by atomic mass is 10.0. The molecule has 0 aliphatic carbocycles. The Labute approximate surface area is 141 Å². The molecule has 3 rings (SSSR count). The number of carbonyl (C=O) groups excluding carboxylic acids is 1. The van der Waals surface area contributed by atoms with Crippen LogP contribution < -0.4 is 4.90 Å². The molecule has 7 heteroatoms. The molecule has 1 N–H and O–H groups in total. The van der Waals surface area contributed by atoms with Crippen LogP contribution in [0, 0.1) is 10.1 Å². The maximum absolute atomic E-state index is 12.6. The fourth-order valence-electron chi connectivity index (χ4n) is 3.46. The molecule has 0 spiro atoms. The summed E-state index contributed by atoms with van der Waals surface area (Å²) in [5, 5.41) is 21.0. The van der Waals surface area contributed by atoms with Crippen molar-refractivity contribution in [3.05, 3.63) is 33.9 Å². The Morgan fingerprint density at radius 1 is 1.12 bits per heavy atom. The van der Waals surface area contributed by atoms with Gasteiger partial charge >= 0.3 is 0 Å². The Morgan fingerprint density at radius 2 is 1.79 bits per heavy atom. The molecule has 1 aromatic carbocycles. The van der Waals surface area contributed by atoms with Crippen molar-refractivity contribution in [3.8, 4) is 0 Å². The normalized spacial score (nSPS) is 19.4. The van der Waals surface area contributed by atoms with Crippen LogP contribution in [0.3, 0.4) is 0 Å². The number of hydrogen-bond acceptors (Lipinski definition) is 5. The summed E-state index contributed by atoms with van der Waals surface area (Å²) in [4.78, 5) is 27.3. The first-order valence-corrected chi connectivity index (χ1v) is 8.57. The number of nitro groups is 1. The van der Waals surface area contributed by atoms with Gasteiger partial charge in [-0.15, -0.1) is 0 Å².